The Morgan fingerprint density at radius 3 is 2.41 bits per heavy atom. The van der Waals surface area contributed by atoms with Gasteiger partial charge in [0.05, 0.1) is 12.5 Å². The van der Waals surface area contributed by atoms with Gasteiger partial charge >= 0.3 is 6.03 Å². The molecule has 1 atom stereocenters. The van der Waals surface area contributed by atoms with E-state index in [0.29, 0.717) is 5.75 Å². The van der Waals surface area contributed by atoms with E-state index in [0.717, 1.165) is 43.7 Å². The van der Waals surface area contributed by atoms with Gasteiger partial charge < -0.3 is 20.7 Å². The summed E-state index contributed by atoms with van der Waals surface area (Å²) in [5.41, 5.74) is 6.13. The number of carbonyl (C=O) groups excluding carboxylic acids is 2. The molecule has 0 spiro atoms. The molecule has 1 aliphatic rings. The van der Waals surface area contributed by atoms with Gasteiger partial charge in [-0.05, 0) is 49.1 Å². The predicted octanol–water partition coefficient (Wildman–Crippen LogP) is 3.59. The van der Waals surface area contributed by atoms with Gasteiger partial charge in [-0.2, -0.15) is 0 Å². The van der Waals surface area contributed by atoms with Crippen molar-refractivity contribution in [1.82, 2.24) is 10.2 Å². The minimum atomic E-state index is -0.652. The Bertz CT molecular complexity index is 773. The zero-order valence-corrected chi connectivity index (χ0v) is 15.3. The van der Waals surface area contributed by atoms with E-state index in [9.17, 15) is 9.59 Å². The molecule has 1 aliphatic heterocycles. The summed E-state index contributed by atoms with van der Waals surface area (Å²) in [5.74, 6) is 1.39. The fraction of sp³-hybridized carbons (Fsp3) is 0.333. The summed E-state index contributed by atoms with van der Waals surface area (Å²) in [7, 11) is 0. The van der Waals surface area contributed by atoms with Gasteiger partial charge in [-0.3, -0.25) is 4.79 Å². The number of piperidine rings is 1. The zero-order valence-electron chi connectivity index (χ0n) is 15.3. The van der Waals surface area contributed by atoms with E-state index in [4.69, 9.17) is 10.5 Å². The summed E-state index contributed by atoms with van der Waals surface area (Å²) in [6.45, 7) is 1.55. The Labute approximate surface area is 159 Å². The number of para-hydroxylation sites is 1. The van der Waals surface area contributed by atoms with Gasteiger partial charge in [0.25, 0.3) is 0 Å². The molecule has 3 rings (SSSR count). The maximum atomic E-state index is 12.6. The molecule has 0 radical (unpaired) electrons. The lowest BCUT2D eigenvalue weighted by Gasteiger charge is -2.28. The van der Waals surface area contributed by atoms with Crippen LogP contribution < -0.4 is 15.8 Å². The first kappa shape index (κ1) is 18.8. The molecule has 0 aliphatic carbocycles. The lowest BCUT2D eigenvalue weighted by molar-refractivity contribution is -0.132. The standard InChI is InChI=1S/C21H25N3O3/c22-21(26)23-19(15-20(25)24-12-5-2-6-13-24)16-8-7-11-18(14-16)27-17-9-3-1-4-10-17/h1,3-4,7-11,14,19H,2,5-6,12-13,15H2,(H3,22,23,26)/t19-/m0/s1. The molecule has 1 fully saturated rings. The molecule has 6 heteroatoms. The Hall–Kier alpha value is -3.02. The average molecular weight is 367 g/mol. The highest BCUT2D eigenvalue weighted by Crippen LogP contribution is 2.26. The van der Waals surface area contributed by atoms with Crippen LogP contribution in [-0.2, 0) is 4.79 Å². The van der Waals surface area contributed by atoms with Crippen LogP contribution in [0.1, 0.15) is 37.3 Å². The van der Waals surface area contributed by atoms with Gasteiger partial charge in [-0.1, -0.05) is 30.3 Å². The van der Waals surface area contributed by atoms with Gasteiger partial charge in [-0.15, -0.1) is 0 Å². The SMILES string of the molecule is NC(=O)N[C@@H](CC(=O)N1CCCCC1)c1cccc(Oc2ccccc2)c1. The van der Waals surface area contributed by atoms with Crippen LogP contribution in [0.3, 0.4) is 0 Å². The number of ether oxygens (including phenoxy) is 1. The zero-order chi connectivity index (χ0) is 19.1. The molecule has 0 bridgehead atoms. The third kappa shape index (κ3) is 5.48. The van der Waals surface area contributed by atoms with E-state index in [-0.39, 0.29) is 12.3 Å². The molecule has 0 aromatic heterocycles. The Balaban J connectivity index is 1.74. The highest BCUT2D eigenvalue weighted by molar-refractivity contribution is 5.79. The lowest BCUT2D eigenvalue weighted by atomic mass is 10.0. The molecule has 27 heavy (non-hydrogen) atoms. The van der Waals surface area contributed by atoms with Crippen molar-refractivity contribution in [2.24, 2.45) is 5.73 Å². The summed E-state index contributed by atoms with van der Waals surface area (Å²) in [5, 5.41) is 2.69. The van der Waals surface area contributed by atoms with Crippen LogP contribution in [0, 0.1) is 0 Å². The maximum Gasteiger partial charge on any atom is 0.312 e. The molecular formula is C21H25N3O3. The Morgan fingerprint density at radius 2 is 1.70 bits per heavy atom. The second-order valence-corrected chi connectivity index (χ2v) is 6.69. The van der Waals surface area contributed by atoms with Crippen LogP contribution in [0.2, 0.25) is 0 Å². The number of likely N-dealkylation sites (tertiary alicyclic amines) is 1. The van der Waals surface area contributed by atoms with Crippen molar-refractivity contribution < 1.29 is 14.3 Å². The highest BCUT2D eigenvalue weighted by Gasteiger charge is 2.23. The number of nitrogens with one attached hydrogen (secondary N) is 1. The van der Waals surface area contributed by atoms with E-state index in [1.165, 1.54) is 0 Å². The first-order chi connectivity index (χ1) is 13.1. The third-order valence-electron chi connectivity index (χ3n) is 4.64. The number of carbonyl (C=O) groups is 2. The van der Waals surface area contributed by atoms with Crippen molar-refractivity contribution in [2.75, 3.05) is 13.1 Å². The van der Waals surface area contributed by atoms with Crippen molar-refractivity contribution in [3.8, 4) is 11.5 Å². The molecule has 3 N–H and O–H groups in total. The number of urea groups is 1. The first-order valence-corrected chi connectivity index (χ1v) is 9.28. The van der Waals surface area contributed by atoms with Crippen molar-refractivity contribution >= 4 is 11.9 Å². The van der Waals surface area contributed by atoms with Crippen molar-refractivity contribution in [1.29, 1.82) is 0 Å². The molecule has 142 valence electrons. The van der Waals surface area contributed by atoms with Crippen LogP contribution in [0.4, 0.5) is 4.79 Å². The molecule has 0 unspecified atom stereocenters. The van der Waals surface area contributed by atoms with Gasteiger partial charge in [-0.25, -0.2) is 4.79 Å². The summed E-state index contributed by atoms with van der Waals surface area (Å²) >= 11 is 0. The predicted molar refractivity (Wildman–Crippen MR) is 103 cm³/mol. The quantitative estimate of drug-likeness (QED) is 0.818. The second-order valence-electron chi connectivity index (χ2n) is 6.69. The van der Waals surface area contributed by atoms with Gasteiger partial charge in [0.15, 0.2) is 0 Å². The summed E-state index contributed by atoms with van der Waals surface area (Å²) in [6.07, 6.45) is 3.39. The number of hydrogen-bond acceptors (Lipinski definition) is 3. The maximum absolute atomic E-state index is 12.6. The van der Waals surface area contributed by atoms with Crippen LogP contribution in [-0.4, -0.2) is 29.9 Å². The Kier molecular flexibility index (Phi) is 6.30. The van der Waals surface area contributed by atoms with Crippen molar-refractivity contribution in [2.45, 2.75) is 31.7 Å². The van der Waals surface area contributed by atoms with E-state index >= 15 is 0 Å². The monoisotopic (exact) mass is 367 g/mol. The Morgan fingerprint density at radius 1 is 1.00 bits per heavy atom. The largest absolute Gasteiger partial charge is 0.457 e. The minimum absolute atomic E-state index is 0.0304. The summed E-state index contributed by atoms with van der Waals surface area (Å²) < 4.78 is 5.86. The molecular weight excluding hydrogens is 342 g/mol. The smallest absolute Gasteiger partial charge is 0.312 e. The van der Waals surface area contributed by atoms with Gasteiger partial charge in [0.2, 0.25) is 5.91 Å². The number of hydrogen-bond donors (Lipinski definition) is 2. The number of primary amides is 1. The molecule has 1 heterocycles. The normalized spacial score (nSPS) is 15.0. The number of nitrogens with zero attached hydrogens (tertiary/aromatic N) is 1. The van der Waals surface area contributed by atoms with Crippen LogP contribution >= 0.6 is 0 Å². The fourth-order valence-corrected chi connectivity index (χ4v) is 3.29. The first-order valence-electron chi connectivity index (χ1n) is 9.28. The highest BCUT2D eigenvalue weighted by atomic mass is 16.5. The number of benzene rings is 2. The lowest BCUT2D eigenvalue weighted by Crippen LogP contribution is -2.40. The second kappa shape index (κ2) is 9.07. The van der Waals surface area contributed by atoms with E-state index in [1.54, 1.807) is 0 Å². The number of rotatable bonds is 6. The number of nitrogens with two attached hydrogens (primary N) is 1. The van der Waals surface area contributed by atoms with E-state index < -0.39 is 12.1 Å². The van der Waals surface area contributed by atoms with Gasteiger partial charge in [0, 0.05) is 13.1 Å². The van der Waals surface area contributed by atoms with Crippen LogP contribution in [0.15, 0.2) is 54.6 Å². The van der Waals surface area contributed by atoms with E-state index in [2.05, 4.69) is 5.32 Å². The van der Waals surface area contributed by atoms with E-state index in [1.807, 2.05) is 59.5 Å². The minimum Gasteiger partial charge on any atom is -0.457 e. The van der Waals surface area contributed by atoms with Gasteiger partial charge in [0.1, 0.15) is 11.5 Å². The summed E-state index contributed by atoms with van der Waals surface area (Å²) in [6, 6.07) is 15.7. The molecule has 1 saturated heterocycles. The summed E-state index contributed by atoms with van der Waals surface area (Å²) in [4.78, 5) is 26.0. The molecule has 3 amide bonds. The van der Waals surface area contributed by atoms with Crippen LogP contribution in [0.5, 0.6) is 11.5 Å². The molecule has 0 saturated carbocycles. The van der Waals surface area contributed by atoms with Crippen LogP contribution in [0.25, 0.3) is 0 Å². The van der Waals surface area contributed by atoms with Crippen molar-refractivity contribution in [3.05, 3.63) is 60.2 Å². The average Bonchev–Trinajstić information content (AvgIpc) is 2.69. The molecule has 6 nitrogen and oxygen atoms in total. The fourth-order valence-electron chi connectivity index (χ4n) is 3.29. The number of amides is 3. The molecule has 2 aromatic rings. The topological polar surface area (TPSA) is 84.7 Å². The third-order valence-corrected chi connectivity index (χ3v) is 4.64. The molecule has 2 aromatic carbocycles. The van der Waals surface area contributed by atoms with Crippen molar-refractivity contribution in [3.63, 3.8) is 0 Å².